The maximum absolute atomic E-state index is 10.5. The molecule has 0 spiro atoms. The van der Waals surface area contributed by atoms with E-state index in [1.165, 1.54) is 11.1 Å². The molecule has 0 radical (unpaired) electrons. The maximum atomic E-state index is 10.5. The SMILES string of the molecule is Cc1cccc(CN2CC(C)(OCC(=O)O)C2)c1. The van der Waals surface area contributed by atoms with E-state index in [1.54, 1.807) is 0 Å². The number of carbonyl (C=O) groups is 1. The number of nitrogens with zero attached hydrogens (tertiary/aromatic N) is 1. The minimum absolute atomic E-state index is 0.214. The Morgan fingerprint density at radius 2 is 2.22 bits per heavy atom. The second-order valence-corrected chi connectivity index (χ2v) is 5.27. The summed E-state index contributed by atoms with van der Waals surface area (Å²) >= 11 is 0. The molecule has 1 aliphatic heterocycles. The first-order valence-corrected chi connectivity index (χ1v) is 6.10. The summed E-state index contributed by atoms with van der Waals surface area (Å²) in [6.07, 6.45) is 0. The van der Waals surface area contributed by atoms with Gasteiger partial charge in [-0.1, -0.05) is 29.8 Å². The van der Waals surface area contributed by atoms with Crippen LogP contribution in [0.5, 0.6) is 0 Å². The van der Waals surface area contributed by atoms with E-state index in [-0.39, 0.29) is 12.2 Å². The zero-order valence-corrected chi connectivity index (χ0v) is 10.8. The number of hydrogen-bond acceptors (Lipinski definition) is 3. The van der Waals surface area contributed by atoms with Gasteiger partial charge in [-0.25, -0.2) is 4.79 Å². The molecular formula is C14H19NO3. The van der Waals surface area contributed by atoms with Gasteiger partial charge in [0.25, 0.3) is 0 Å². The Labute approximate surface area is 107 Å². The predicted molar refractivity (Wildman–Crippen MR) is 68.4 cm³/mol. The summed E-state index contributed by atoms with van der Waals surface area (Å²) < 4.78 is 5.38. The van der Waals surface area contributed by atoms with Gasteiger partial charge in [0.05, 0.1) is 5.60 Å². The normalized spacial score (nSPS) is 18.3. The third kappa shape index (κ3) is 3.31. The first kappa shape index (κ1) is 13.1. The van der Waals surface area contributed by atoms with Crippen molar-refractivity contribution in [3.63, 3.8) is 0 Å². The number of carboxylic acids is 1. The molecule has 0 atom stereocenters. The van der Waals surface area contributed by atoms with Gasteiger partial charge in [-0.05, 0) is 19.4 Å². The molecule has 1 aromatic carbocycles. The third-order valence-electron chi connectivity index (χ3n) is 3.15. The smallest absolute Gasteiger partial charge is 0.329 e. The van der Waals surface area contributed by atoms with Gasteiger partial charge in [-0.15, -0.1) is 0 Å². The van der Waals surface area contributed by atoms with E-state index in [2.05, 4.69) is 36.1 Å². The van der Waals surface area contributed by atoms with Crippen molar-refractivity contribution in [1.29, 1.82) is 0 Å². The number of rotatable bonds is 5. The van der Waals surface area contributed by atoms with E-state index >= 15 is 0 Å². The number of aliphatic carboxylic acids is 1. The third-order valence-corrected chi connectivity index (χ3v) is 3.15. The van der Waals surface area contributed by atoms with Crippen LogP contribution in [0, 0.1) is 6.92 Å². The molecule has 4 nitrogen and oxygen atoms in total. The van der Waals surface area contributed by atoms with Crippen molar-refractivity contribution in [2.75, 3.05) is 19.7 Å². The first-order chi connectivity index (χ1) is 8.47. The first-order valence-electron chi connectivity index (χ1n) is 6.10. The number of benzene rings is 1. The molecule has 1 saturated heterocycles. The van der Waals surface area contributed by atoms with E-state index in [0.717, 1.165) is 19.6 Å². The van der Waals surface area contributed by atoms with Crippen molar-refractivity contribution in [3.05, 3.63) is 35.4 Å². The lowest BCUT2D eigenvalue weighted by molar-refractivity contribution is -0.165. The van der Waals surface area contributed by atoms with Crippen LogP contribution in [0.3, 0.4) is 0 Å². The monoisotopic (exact) mass is 249 g/mol. The highest BCUT2D eigenvalue weighted by atomic mass is 16.5. The Kier molecular flexibility index (Phi) is 3.68. The number of likely N-dealkylation sites (tertiary alicyclic amines) is 1. The average molecular weight is 249 g/mol. The van der Waals surface area contributed by atoms with Crippen molar-refractivity contribution in [3.8, 4) is 0 Å². The summed E-state index contributed by atoms with van der Waals surface area (Å²) in [6, 6.07) is 8.43. The Morgan fingerprint density at radius 1 is 1.50 bits per heavy atom. The van der Waals surface area contributed by atoms with Crippen molar-refractivity contribution >= 4 is 5.97 Å². The fraction of sp³-hybridized carbons (Fsp3) is 0.500. The Balaban J connectivity index is 1.80. The maximum Gasteiger partial charge on any atom is 0.329 e. The summed E-state index contributed by atoms with van der Waals surface area (Å²) in [7, 11) is 0. The summed E-state index contributed by atoms with van der Waals surface area (Å²) in [4.78, 5) is 12.7. The van der Waals surface area contributed by atoms with Gasteiger partial charge in [0.15, 0.2) is 0 Å². The minimum atomic E-state index is -0.909. The lowest BCUT2D eigenvalue weighted by Gasteiger charge is -2.47. The highest BCUT2D eigenvalue weighted by Crippen LogP contribution is 2.26. The highest BCUT2D eigenvalue weighted by Gasteiger charge is 2.39. The second-order valence-electron chi connectivity index (χ2n) is 5.27. The number of aryl methyl sites for hydroxylation is 1. The summed E-state index contributed by atoms with van der Waals surface area (Å²) in [5.74, 6) is -0.909. The van der Waals surface area contributed by atoms with Gasteiger partial charge in [0.2, 0.25) is 0 Å². The van der Waals surface area contributed by atoms with Gasteiger partial charge in [0, 0.05) is 19.6 Å². The van der Waals surface area contributed by atoms with Gasteiger partial charge in [0.1, 0.15) is 6.61 Å². The van der Waals surface area contributed by atoms with E-state index in [4.69, 9.17) is 9.84 Å². The lowest BCUT2D eigenvalue weighted by atomic mass is 9.95. The fourth-order valence-electron chi connectivity index (χ4n) is 2.41. The van der Waals surface area contributed by atoms with Crippen molar-refractivity contribution in [2.24, 2.45) is 0 Å². The van der Waals surface area contributed by atoms with Crippen LogP contribution >= 0.6 is 0 Å². The van der Waals surface area contributed by atoms with Crippen LogP contribution in [0.4, 0.5) is 0 Å². The molecule has 4 heteroatoms. The molecule has 1 fully saturated rings. The molecule has 0 amide bonds. The van der Waals surface area contributed by atoms with Crippen LogP contribution in [-0.2, 0) is 16.1 Å². The molecule has 0 unspecified atom stereocenters. The minimum Gasteiger partial charge on any atom is -0.480 e. The van der Waals surface area contributed by atoms with E-state index in [9.17, 15) is 4.79 Å². The predicted octanol–water partition coefficient (Wildman–Crippen LogP) is 1.67. The van der Waals surface area contributed by atoms with Gasteiger partial charge in [-0.3, -0.25) is 4.90 Å². The van der Waals surface area contributed by atoms with Gasteiger partial charge < -0.3 is 9.84 Å². The van der Waals surface area contributed by atoms with Crippen LogP contribution < -0.4 is 0 Å². The molecule has 0 aliphatic carbocycles. The van der Waals surface area contributed by atoms with E-state index < -0.39 is 5.97 Å². The number of carboxylic acid groups (broad SMARTS) is 1. The van der Waals surface area contributed by atoms with Crippen molar-refractivity contribution in [2.45, 2.75) is 26.0 Å². The topological polar surface area (TPSA) is 49.8 Å². The van der Waals surface area contributed by atoms with Gasteiger partial charge in [-0.2, -0.15) is 0 Å². The molecule has 1 heterocycles. The quantitative estimate of drug-likeness (QED) is 0.862. The molecule has 18 heavy (non-hydrogen) atoms. The van der Waals surface area contributed by atoms with Crippen LogP contribution in [0.1, 0.15) is 18.1 Å². The molecule has 1 N–H and O–H groups in total. The molecule has 0 bridgehead atoms. The largest absolute Gasteiger partial charge is 0.480 e. The summed E-state index contributed by atoms with van der Waals surface area (Å²) in [6.45, 7) is 6.30. The second kappa shape index (κ2) is 5.08. The standard InChI is InChI=1S/C14H19NO3/c1-11-4-3-5-12(6-11)7-15-9-14(2,10-15)18-8-13(16)17/h3-6H,7-10H2,1-2H3,(H,16,17). The van der Waals surface area contributed by atoms with Gasteiger partial charge >= 0.3 is 5.97 Å². The van der Waals surface area contributed by atoms with Crippen LogP contribution in [0.15, 0.2) is 24.3 Å². The zero-order chi connectivity index (χ0) is 13.2. The molecule has 0 aromatic heterocycles. The van der Waals surface area contributed by atoms with E-state index in [1.807, 2.05) is 6.92 Å². The number of ether oxygens (including phenoxy) is 1. The van der Waals surface area contributed by atoms with E-state index in [0.29, 0.717) is 0 Å². The molecule has 2 rings (SSSR count). The molecule has 98 valence electrons. The van der Waals surface area contributed by atoms with Crippen molar-refractivity contribution < 1.29 is 14.6 Å². The Bertz CT molecular complexity index is 438. The number of hydrogen-bond donors (Lipinski definition) is 1. The summed E-state index contributed by atoms with van der Waals surface area (Å²) in [5.41, 5.74) is 2.25. The molecular weight excluding hydrogens is 230 g/mol. The van der Waals surface area contributed by atoms with Crippen LogP contribution in [-0.4, -0.2) is 41.3 Å². The average Bonchev–Trinajstić information content (AvgIpc) is 2.24. The molecule has 1 aliphatic rings. The Morgan fingerprint density at radius 3 is 2.83 bits per heavy atom. The fourth-order valence-corrected chi connectivity index (χ4v) is 2.41. The molecule has 1 aromatic rings. The lowest BCUT2D eigenvalue weighted by Crippen LogP contribution is -2.61. The molecule has 0 saturated carbocycles. The van der Waals surface area contributed by atoms with Crippen LogP contribution in [0.25, 0.3) is 0 Å². The highest BCUT2D eigenvalue weighted by molar-refractivity contribution is 5.68. The van der Waals surface area contributed by atoms with Crippen molar-refractivity contribution in [1.82, 2.24) is 4.90 Å². The zero-order valence-electron chi connectivity index (χ0n) is 10.8. The Hall–Kier alpha value is -1.39. The van der Waals surface area contributed by atoms with Crippen LogP contribution in [0.2, 0.25) is 0 Å². The summed E-state index contributed by atoms with van der Waals surface area (Å²) in [5, 5.41) is 8.59.